The Labute approximate surface area is 131 Å². The number of amides is 1. The second kappa shape index (κ2) is 7.24. The van der Waals surface area contributed by atoms with Crippen molar-refractivity contribution in [2.45, 2.75) is 38.0 Å². The van der Waals surface area contributed by atoms with Gasteiger partial charge in [-0.05, 0) is 31.5 Å². The van der Waals surface area contributed by atoms with Crippen molar-refractivity contribution in [3.8, 4) is 0 Å². The maximum Gasteiger partial charge on any atom is 0.243 e. The zero-order valence-corrected chi connectivity index (χ0v) is 14.3. The van der Waals surface area contributed by atoms with Gasteiger partial charge in [-0.1, -0.05) is 19.9 Å². The van der Waals surface area contributed by atoms with Crippen LogP contribution in [-0.4, -0.2) is 37.1 Å². The molecular weight excluding hydrogens is 312 g/mol. The molecule has 1 N–H and O–H groups in total. The first-order valence-corrected chi connectivity index (χ1v) is 8.67. The van der Waals surface area contributed by atoms with E-state index in [4.69, 9.17) is 11.6 Å². The molecule has 118 valence electrons. The fraction of sp³-hybridized carbons (Fsp3) is 0.500. The Balaban J connectivity index is 3.22. The van der Waals surface area contributed by atoms with Crippen LogP contribution in [-0.2, 0) is 14.8 Å². The van der Waals surface area contributed by atoms with Gasteiger partial charge in [0, 0.05) is 18.8 Å². The molecule has 0 aliphatic carbocycles. The van der Waals surface area contributed by atoms with E-state index in [1.165, 1.54) is 10.4 Å². The smallest absolute Gasteiger partial charge is 0.243 e. The van der Waals surface area contributed by atoms with Crippen molar-refractivity contribution < 1.29 is 13.2 Å². The molecule has 1 aromatic rings. The van der Waals surface area contributed by atoms with E-state index in [-0.39, 0.29) is 10.8 Å². The third-order valence-corrected chi connectivity index (χ3v) is 5.53. The summed E-state index contributed by atoms with van der Waals surface area (Å²) >= 11 is 5.70. The number of alkyl halides is 1. The lowest BCUT2D eigenvalue weighted by molar-refractivity contribution is -0.115. The van der Waals surface area contributed by atoms with E-state index in [2.05, 4.69) is 5.32 Å². The van der Waals surface area contributed by atoms with Crippen LogP contribution in [0.2, 0.25) is 0 Å². The van der Waals surface area contributed by atoms with Gasteiger partial charge in [-0.15, -0.1) is 11.6 Å². The number of nitrogens with one attached hydrogen (secondary N) is 1. The number of carbonyl (C=O) groups is 1. The zero-order chi connectivity index (χ0) is 16.2. The third-order valence-electron chi connectivity index (χ3n) is 3.14. The molecule has 0 radical (unpaired) electrons. The van der Waals surface area contributed by atoms with Crippen LogP contribution < -0.4 is 5.32 Å². The molecule has 1 aromatic carbocycles. The highest BCUT2D eigenvalue weighted by Gasteiger charge is 2.24. The Hall–Kier alpha value is -1.11. The van der Waals surface area contributed by atoms with Crippen LogP contribution >= 0.6 is 11.6 Å². The Morgan fingerprint density at radius 1 is 1.33 bits per heavy atom. The van der Waals surface area contributed by atoms with Crippen LogP contribution in [0.3, 0.4) is 0 Å². The van der Waals surface area contributed by atoms with Gasteiger partial charge in [0.2, 0.25) is 15.9 Å². The van der Waals surface area contributed by atoms with Crippen molar-refractivity contribution in [1.29, 1.82) is 0 Å². The molecule has 1 rings (SSSR count). The van der Waals surface area contributed by atoms with Gasteiger partial charge >= 0.3 is 0 Å². The number of sulfonamides is 1. The molecule has 0 heterocycles. The summed E-state index contributed by atoms with van der Waals surface area (Å²) in [5.41, 5.74) is 1.06. The quantitative estimate of drug-likeness (QED) is 0.814. The van der Waals surface area contributed by atoms with Crippen molar-refractivity contribution in [3.63, 3.8) is 0 Å². The largest absolute Gasteiger partial charge is 0.325 e. The predicted octanol–water partition coefficient (Wildman–Crippen LogP) is 2.59. The van der Waals surface area contributed by atoms with E-state index in [1.807, 2.05) is 0 Å². The third kappa shape index (κ3) is 4.18. The molecule has 0 aromatic heterocycles. The number of carbonyl (C=O) groups excluding carboxylic acids is 1. The number of hydrogen-bond donors (Lipinski definition) is 1. The van der Waals surface area contributed by atoms with Crippen molar-refractivity contribution in [3.05, 3.63) is 23.8 Å². The van der Waals surface area contributed by atoms with E-state index in [0.29, 0.717) is 24.3 Å². The van der Waals surface area contributed by atoms with Gasteiger partial charge in [-0.25, -0.2) is 8.42 Å². The average Bonchev–Trinajstić information content (AvgIpc) is 2.41. The summed E-state index contributed by atoms with van der Waals surface area (Å²) in [6, 6.07) is 4.80. The summed E-state index contributed by atoms with van der Waals surface area (Å²) in [7, 11) is -3.56. The normalized spacial score (nSPS) is 13.2. The molecule has 0 saturated heterocycles. The lowest BCUT2D eigenvalue weighted by Crippen LogP contribution is -2.31. The van der Waals surface area contributed by atoms with Crippen LogP contribution in [0.15, 0.2) is 23.1 Å². The van der Waals surface area contributed by atoms with E-state index >= 15 is 0 Å². The molecule has 1 atom stereocenters. The number of rotatable bonds is 6. The highest BCUT2D eigenvalue weighted by molar-refractivity contribution is 7.89. The molecule has 0 aliphatic heterocycles. The number of benzene rings is 1. The maximum absolute atomic E-state index is 12.6. The van der Waals surface area contributed by atoms with Crippen LogP contribution in [0, 0.1) is 6.92 Å². The molecule has 0 unspecified atom stereocenters. The van der Waals surface area contributed by atoms with Crippen LogP contribution in [0.5, 0.6) is 0 Å². The number of nitrogens with zero attached hydrogens (tertiary/aromatic N) is 1. The molecule has 0 bridgehead atoms. The lowest BCUT2D eigenvalue weighted by Gasteiger charge is -2.20. The van der Waals surface area contributed by atoms with Gasteiger partial charge in [-0.3, -0.25) is 4.79 Å². The minimum Gasteiger partial charge on any atom is -0.325 e. The Kier molecular flexibility index (Phi) is 6.19. The number of halogens is 1. The topological polar surface area (TPSA) is 66.5 Å². The Morgan fingerprint density at radius 3 is 2.38 bits per heavy atom. The summed E-state index contributed by atoms with van der Waals surface area (Å²) in [5.74, 6) is -0.369. The van der Waals surface area contributed by atoms with Gasteiger partial charge in [0.25, 0.3) is 0 Å². The van der Waals surface area contributed by atoms with Crippen LogP contribution in [0.25, 0.3) is 0 Å². The van der Waals surface area contributed by atoms with Crippen molar-refractivity contribution in [2.24, 2.45) is 0 Å². The van der Waals surface area contributed by atoms with Crippen molar-refractivity contribution in [1.82, 2.24) is 4.31 Å². The first-order valence-electron chi connectivity index (χ1n) is 6.79. The Morgan fingerprint density at radius 2 is 1.90 bits per heavy atom. The average molecular weight is 333 g/mol. The summed E-state index contributed by atoms with van der Waals surface area (Å²) in [4.78, 5) is 11.8. The van der Waals surface area contributed by atoms with Crippen molar-refractivity contribution in [2.75, 3.05) is 18.4 Å². The molecule has 0 fully saturated rings. The van der Waals surface area contributed by atoms with E-state index in [0.717, 1.165) is 0 Å². The molecular formula is C14H21ClN2O3S. The minimum atomic E-state index is -3.56. The summed E-state index contributed by atoms with van der Waals surface area (Å²) < 4.78 is 26.5. The number of anilines is 1. The molecule has 0 saturated carbocycles. The van der Waals surface area contributed by atoms with E-state index in [9.17, 15) is 13.2 Å². The zero-order valence-electron chi connectivity index (χ0n) is 12.7. The second-order valence-electron chi connectivity index (χ2n) is 4.67. The molecule has 0 aliphatic rings. The van der Waals surface area contributed by atoms with Gasteiger partial charge in [0.05, 0.1) is 4.90 Å². The van der Waals surface area contributed by atoms with Gasteiger partial charge < -0.3 is 5.32 Å². The number of aryl methyl sites for hydroxylation is 1. The highest BCUT2D eigenvalue weighted by Crippen LogP contribution is 2.23. The van der Waals surface area contributed by atoms with Crippen LogP contribution in [0.1, 0.15) is 26.3 Å². The standard InChI is InChI=1S/C14H21ClN2O3S/c1-5-17(6-2)21(19,20)13-9-12(8-7-10(13)3)16-14(18)11(4)15/h7-9,11H,5-6H2,1-4H3,(H,16,18)/t11-/m0/s1. The molecule has 5 nitrogen and oxygen atoms in total. The number of hydrogen-bond acceptors (Lipinski definition) is 3. The van der Waals surface area contributed by atoms with E-state index in [1.54, 1.807) is 39.8 Å². The SMILES string of the molecule is CCN(CC)S(=O)(=O)c1cc(NC(=O)[C@H](C)Cl)ccc1C. The molecule has 0 spiro atoms. The van der Waals surface area contributed by atoms with Crippen molar-refractivity contribution >= 4 is 33.2 Å². The molecule has 21 heavy (non-hydrogen) atoms. The fourth-order valence-electron chi connectivity index (χ4n) is 1.90. The maximum atomic E-state index is 12.6. The first-order chi connectivity index (χ1) is 9.73. The lowest BCUT2D eigenvalue weighted by atomic mass is 10.2. The summed E-state index contributed by atoms with van der Waals surface area (Å²) in [6.45, 7) is 7.65. The second-order valence-corrected chi connectivity index (χ2v) is 7.24. The fourth-order valence-corrected chi connectivity index (χ4v) is 3.66. The Bertz CT molecular complexity index is 611. The van der Waals surface area contributed by atoms with Gasteiger partial charge in [-0.2, -0.15) is 4.31 Å². The highest BCUT2D eigenvalue weighted by atomic mass is 35.5. The van der Waals surface area contributed by atoms with Gasteiger partial charge in [0.15, 0.2) is 0 Å². The minimum absolute atomic E-state index is 0.200. The summed E-state index contributed by atoms with van der Waals surface area (Å²) in [6.07, 6.45) is 0. The van der Waals surface area contributed by atoms with Gasteiger partial charge in [0.1, 0.15) is 5.38 Å². The summed E-state index contributed by atoms with van der Waals surface area (Å²) in [5, 5.41) is 1.92. The first kappa shape index (κ1) is 17.9. The van der Waals surface area contributed by atoms with Crippen LogP contribution in [0.4, 0.5) is 5.69 Å². The molecule has 1 amide bonds. The monoisotopic (exact) mass is 332 g/mol. The molecule has 7 heteroatoms. The predicted molar refractivity (Wildman–Crippen MR) is 85.2 cm³/mol. The van der Waals surface area contributed by atoms with E-state index < -0.39 is 15.4 Å².